The van der Waals surface area contributed by atoms with E-state index < -0.39 is 11.4 Å². The molecule has 0 aliphatic carbocycles. The summed E-state index contributed by atoms with van der Waals surface area (Å²) < 4.78 is 6.11. The van der Waals surface area contributed by atoms with Gasteiger partial charge in [-0.3, -0.25) is 0 Å². The third kappa shape index (κ3) is 2.22. The number of carboxylic acids is 1. The van der Waals surface area contributed by atoms with Crippen LogP contribution in [0.5, 0.6) is 0 Å². The molecule has 2 aromatic heterocycles. The third-order valence-corrected chi connectivity index (χ3v) is 2.35. The van der Waals surface area contributed by atoms with Crippen LogP contribution >= 0.6 is 0 Å². The Morgan fingerprint density at radius 3 is 2.72 bits per heavy atom. The molecule has 2 aromatic rings. The molecule has 0 spiro atoms. The Kier molecular flexibility index (Phi) is 2.85. The van der Waals surface area contributed by atoms with Crippen LogP contribution in [0.2, 0.25) is 0 Å². The van der Waals surface area contributed by atoms with Crippen molar-refractivity contribution in [1.82, 2.24) is 25.1 Å². The zero-order valence-corrected chi connectivity index (χ0v) is 10.3. The van der Waals surface area contributed by atoms with Gasteiger partial charge in [0.1, 0.15) is 6.54 Å². The van der Waals surface area contributed by atoms with Crippen LogP contribution in [0.4, 0.5) is 0 Å². The highest BCUT2D eigenvalue weighted by molar-refractivity contribution is 5.86. The van der Waals surface area contributed by atoms with Gasteiger partial charge >= 0.3 is 5.97 Å². The van der Waals surface area contributed by atoms with Crippen molar-refractivity contribution in [2.24, 2.45) is 0 Å². The van der Waals surface area contributed by atoms with Crippen LogP contribution in [-0.4, -0.2) is 36.2 Å². The van der Waals surface area contributed by atoms with Gasteiger partial charge < -0.3 is 9.63 Å². The summed E-state index contributed by atoms with van der Waals surface area (Å²) in [7, 11) is 0. The van der Waals surface area contributed by atoms with Crippen molar-refractivity contribution >= 4 is 5.97 Å². The number of carbonyl (C=O) groups is 1. The van der Waals surface area contributed by atoms with Gasteiger partial charge in [-0.1, -0.05) is 31.1 Å². The van der Waals surface area contributed by atoms with Crippen LogP contribution in [-0.2, 0) is 12.0 Å². The summed E-state index contributed by atoms with van der Waals surface area (Å²) >= 11 is 0. The van der Waals surface area contributed by atoms with Crippen molar-refractivity contribution in [1.29, 1.82) is 0 Å². The van der Waals surface area contributed by atoms with Crippen molar-refractivity contribution < 1.29 is 14.4 Å². The average Bonchev–Trinajstić information content (AvgIpc) is 2.85. The van der Waals surface area contributed by atoms with E-state index in [0.29, 0.717) is 11.5 Å². The molecule has 96 valence electrons. The number of rotatable bonds is 3. The van der Waals surface area contributed by atoms with Gasteiger partial charge in [-0.15, -0.1) is 5.10 Å². The molecule has 0 amide bonds. The zero-order chi connectivity index (χ0) is 13.3. The standard InChI is InChI=1S/C10H13N5O3/c1-10(2,3)8-7(9(16)17)12-14-15(8)4-6-11-5-18-13-6/h5H,4H2,1-3H3,(H,16,17). The maximum atomic E-state index is 11.1. The Hall–Kier alpha value is -2.25. The summed E-state index contributed by atoms with van der Waals surface area (Å²) in [6.45, 7) is 5.91. The normalized spacial score (nSPS) is 11.7. The Morgan fingerprint density at radius 1 is 1.50 bits per heavy atom. The molecule has 0 bridgehead atoms. The van der Waals surface area contributed by atoms with Crippen molar-refractivity contribution in [3.8, 4) is 0 Å². The van der Waals surface area contributed by atoms with Crippen molar-refractivity contribution in [3.05, 3.63) is 23.6 Å². The summed E-state index contributed by atoms with van der Waals surface area (Å²) in [5, 5.41) is 20.3. The minimum atomic E-state index is -1.10. The lowest BCUT2D eigenvalue weighted by Gasteiger charge is -2.19. The van der Waals surface area contributed by atoms with Crippen LogP contribution < -0.4 is 0 Å². The quantitative estimate of drug-likeness (QED) is 0.855. The Bertz CT molecular complexity index is 553. The number of carboxylic acid groups (broad SMARTS) is 1. The topological polar surface area (TPSA) is 107 Å². The fourth-order valence-corrected chi connectivity index (χ4v) is 1.71. The van der Waals surface area contributed by atoms with Crippen molar-refractivity contribution in [2.75, 3.05) is 0 Å². The minimum absolute atomic E-state index is 0.0500. The SMILES string of the molecule is CC(C)(C)c1c(C(=O)O)nnn1Cc1ncon1. The predicted molar refractivity (Wildman–Crippen MR) is 59.1 cm³/mol. The molecular weight excluding hydrogens is 238 g/mol. The van der Waals surface area contributed by atoms with Crippen LogP contribution in [0.1, 0.15) is 42.8 Å². The first kappa shape index (κ1) is 12.2. The fourth-order valence-electron chi connectivity index (χ4n) is 1.71. The Labute approximate surface area is 103 Å². The molecule has 0 fully saturated rings. The molecule has 0 aromatic carbocycles. The van der Waals surface area contributed by atoms with Gasteiger partial charge in [-0.05, 0) is 0 Å². The molecule has 0 atom stereocenters. The predicted octanol–water partition coefficient (Wildman–Crippen LogP) is 0.705. The molecule has 18 heavy (non-hydrogen) atoms. The van der Waals surface area contributed by atoms with E-state index in [2.05, 4.69) is 25.0 Å². The van der Waals surface area contributed by atoms with E-state index in [1.54, 1.807) is 0 Å². The number of hydrogen-bond acceptors (Lipinski definition) is 6. The lowest BCUT2D eigenvalue weighted by atomic mass is 9.90. The summed E-state index contributed by atoms with van der Waals surface area (Å²) in [5.74, 6) is -0.679. The lowest BCUT2D eigenvalue weighted by molar-refractivity contribution is 0.0687. The monoisotopic (exact) mass is 251 g/mol. The van der Waals surface area contributed by atoms with Crippen LogP contribution in [0.3, 0.4) is 0 Å². The first-order chi connectivity index (χ1) is 8.39. The summed E-state index contributed by atoms with van der Waals surface area (Å²) in [4.78, 5) is 15.0. The smallest absolute Gasteiger partial charge is 0.358 e. The second-order valence-electron chi connectivity index (χ2n) is 4.85. The Morgan fingerprint density at radius 2 is 2.22 bits per heavy atom. The van der Waals surface area contributed by atoms with Gasteiger partial charge in [0, 0.05) is 5.41 Å². The van der Waals surface area contributed by atoms with Crippen molar-refractivity contribution in [3.63, 3.8) is 0 Å². The summed E-state index contributed by atoms with van der Waals surface area (Å²) in [6.07, 6.45) is 1.21. The largest absolute Gasteiger partial charge is 0.476 e. The Balaban J connectivity index is 2.45. The third-order valence-electron chi connectivity index (χ3n) is 2.35. The molecule has 2 heterocycles. The minimum Gasteiger partial charge on any atom is -0.476 e. The highest BCUT2D eigenvalue weighted by Crippen LogP contribution is 2.24. The molecule has 1 N–H and O–H groups in total. The summed E-state index contributed by atoms with van der Waals surface area (Å²) in [5.41, 5.74) is 0.0758. The van der Waals surface area contributed by atoms with E-state index >= 15 is 0 Å². The lowest BCUT2D eigenvalue weighted by Crippen LogP contribution is -2.22. The van der Waals surface area contributed by atoms with Crippen LogP contribution in [0.15, 0.2) is 10.9 Å². The van der Waals surface area contributed by atoms with Gasteiger partial charge in [-0.2, -0.15) is 4.98 Å². The molecule has 0 unspecified atom stereocenters. The molecule has 0 radical (unpaired) electrons. The van der Waals surface area contributed by atoms with Crippen LogP contribution in [0.25, 0.3) is 0 Å². The second kappa shape index (κ2) is 4.21. The van der Waals surface area contributed by atoms with Gasteiger partial charge in [0.25, 0.3) is 0 Å². The van der Waals surface area contributed by atoms with E-state index in [1.807, 2.05) is 20.8 Å². The van der Waals surface area contributed by atoms with E-state index in [1.165, 1.54) is 11.1 Å². The summed E-state index contributed by atoms with van der Waals surface area (Å²) in [6, 6.07) is 0. The van der Waals surface area contributed by atoms with Gasteiger partial charge in [0.05, 0.1) is 5.69 Å². The molecule has 0 aliphatic heterocycles. The highest BCUT2D eigenvalue weighted by Gasteiger charge is 2.29. The van der Waals surface area contributed by atoms with E-state index in [-0.39, 0.29) is 12.2 Å². The van der Waals surface area contributed by atoms with E-state index in [0.717, 1.165) is 0 Å². The van der Waals surface area contributed by atoms with E-state index in [4.69, 9.17) is 5.11 Å². The van der Waals surface area contributed by atoms with Crippen LogP contribution in [0, 0.1) is 0 Å². The van der Waals surface area contributed by atoms with E-state index in [9.17, 15) is 4.79 Å². The van der Waals surface area contributed by atoms with Gasteiger partial charge in [-0.25, -0.2) is 9.48 Å². The fraction of sp³-hybridized carbons (Fsp3) is 0.500. The maximum Gasteiger partial charge on any atom is 0.358 e. The molecule has 0 saturated heterocycles. The molecule has 0 saturated carbocycles. The molecule has 8 heteroatoms. The average molecular weight is 251 g/mol. The first-order valence-corrected chi connectivity index (χ1v) is 5.32. The zero-order valence-electron chi connectivity index (χ0n) is 10.3. The second-order valence-corrected chi connectivity index (χ2v) is 4.85. The van der Waals surface area contributed by atoms with Gasteiger partial charge in [0.15, 0.2) is 11.5 Å². The number of aromatic nitrogens is 5. The molecule has 2 rings (SSSR count). The molecule has 8 nitrogen and oxygen atoms in total. The maximum absolute atomic E-state index is 11.1. The molecular formula is C10H13N5O3. The first-order valence-electron chi connectivity index (χ1n) is 5.32. The number of nitrogens with zero attached hydrogens (tertiary/aromatic N) is 5. The van der Waals surface area contributed by atoms with Crippen molar-refractivity contribution in [2.45, 2.75) is 32.7 Å². The number of aromatic carboxylic acids is 1. The highest BCUT2D eigenvalue weighted by atomic mass is 16.5. The van der Waals surface area contributed by atoms with Gasteiger partial charge in [0.2, 0.25) is 6.39 Å². The number of hydrogen-bond donors (Lipinski definition) is 1. The molecule has 0 aliphatic rings.